The van der Waals surface area contributed by atoms with Gasteiger partial charge in [0.25, 0.3) is 0 Å². The Hall–Kier alpha value is -2.57. The van der Waals surface area contributed by atoms with Crippen LogP contribution in [-0.4, -0.2) is 18.0 Å². The largest absolute Gasteiger partial charge is 0.327 e. The Morgan fingerprint density at radius 1 is 0.786 bits per heavy atom. The van der Waals surface area contributed by atoms with Gasteiger partial charge in [-0.1, -0.05) is 18.2 Å². The Kier molecular flexibility index (Phi) is 6.21. The number of anilines is 3. The molecule has 5 N–H and O–H groups in total. The molecule has 7 heteroatoms. The van der Waals surface area contributed by atoms with Crippen LogP contribution in [0.25, 0.3) is 0 Å². The molecule has 3 amide bonds. The molecule has 4 rings (SSSR count). The fourth-order valence-corrected chi connectivity index (χ4v) is 4.40. The van der Waals surface area contributed by atoms with Crippen molar-refractivity contribution in [3.8, 4) is 0 Å². The lowest BCUT2D eigenvalue weighted by atomic mass is 9.84. The van der Waals surface area contributed by atoms with E-state index in [0.29, 0.717) is 23.2 Å². The minimum atomic E-state index is -0.314. The van der Waals surface area contributed by atoms with Gasteiger partial charge in [0, 0.05) is 23.1 Å². The average Bonchev–Trinajstić information content (AvgIpc) is 3.25. The van der Waals surface area contributed by atoms with Crippen LogP contribution in [0.5, 0.6) is 0 Å². The number of carbonyl (C=O) groups excluding carboxylic acids is 2. The predicted octanol–water partition coefficient (Wildman–Crippen LogP) is 4.06. The van der Waals surface area contributed by atoms with Crippen molar-refractivity contribution in [1.29, 1.82) is 0 Å². The van der Waals surface area contributed by atoms with Gasteiger partial charge in [-0.25, -0.2) is 4.79 Å². The lowest BCUT2D eigenvalue weighted by molar-refractivity contribution is -0.121. The van der Waals surface area contributed by atoms with Crippen molar-refractivity contribution in [2.45, 2.75) is 25.3 Å². The number of nitrogens with two attached hydrogens (primary N) is 1. The summed E-state index contributed by atoms with van der Waals surface area (Å²) < 4.78 is 0. The molecule has 0 saturated heterocycles. The monoisotopic (exact) mass is 400 g/mol. The third-order valence-electron chi connectivity index (χ3n) is 5.73. The van der Waals surface area contributed by atoms with E-state index in [9.17, 15) is 9.59 Å². The Labute approximate surface area is 170 Å². The molecular weight excluding hydrogens is 376 g/mol. The zero-order valence-electron chi connectivity index (χ0n) is 15.4. The molecule has 2 aliphatic rings. The van der Waals surface area contributed by atoms with Crippen molar-refractivity contribution >= 4 is 41.4 Å². The number of carbonyl (C=O) groups is 2. The highest BCUT2D eigenvalue weighted by molar-refractivity contribution is 6.00. The summed E-state index contributed by atoms with van der Waals surface area (Å²) in [7, 11) is 0. The first-order valence-electron chi connectivity index (χ1n) is 9.40. The molecule has 2 bridgehead atoms. The molecule has 0 aliphatic heterocycles. The van der Waals surface area contributed by atoms with E-state index in [1.165, 1.54) is 0 Å². The first kappa shape index (κ1) is 20.2. The van der Waals surface area contributed by atoms with Gasteiger partial charge in [0.1, 0.15) is 0 Å². The number of hydrogen-bond donors (Lipinski definition) is 4. The maximum Gasteiger partial charge on any atom is 0.323 e. The van der Waals surface area contributed by atoms with E-state index in [4.69, 9.17) is 5.73 Å². The highest BCUT2D eigenvalue weighted by Crippen LogP contribution is 2.47. The number of fused-ring (bicyclic) bond motifs is 2. The molecule has 6 nitrogen and oxygen atoms in total. The van der Waals surface area contributed by atoms with Gasteiger partial charge in [0.2, 0.25) is 5.91 Å². The van der Waals surface area contributed by atoms with Crippen LogP contribution in [0.4, 0.5) is 21.9 Å². The summed E-state index contributed by atoms with van der Waals surface area (Å²) in [5.41, 5.74) is 8.33. The van der Waals surface area contributed by atoms with E-state index in [2.05, 4.69) is 16.0 Å². The molecule has 2 aliphatic carbocycles. The predicted molar refractivity (Wildman–Crippen MR) is 114 cm³/mol. The molecule has 2 aromatic rings. The van der Waals surface area contributed by atoms with Gasteiger partial charge in [0.05, 0.1) is 5.92 Å². The van der Waals surface area contributed by atoms with E-state index < -0.39 is 0 Å². The topological polar surface area (TPSA) is 96.2 Å². The molecule has 0 radical (unpaired) electrons. The highest BCUT2D eigenvalue weighted by atomic mass is 35.5. The van der Waals surface area contributed by atoms with Crippen molar-refractivity contribution in [3.63, 3.8) is 0 Å². The van der Waals surface area contributed by atoms with Crippen LogP contribution in [0.2, 0.25) is 0 Å². The van der Waals surface area contributed by atoms with Crippen LogP contribution in [0.15, 0.2) is 54.6 Å². The maximum atomic E-state index is 12.6. The molecule has 2 saturated carbocycles. The molecule has 2 fully saturated rings. The van der Waals surface area contributed by atoms with Crippen LogP contribution >= 0.6 is 12.4 Å². The van der Waals surface area contributed by atoms with E-state index in [1.54, 1.807) is 24.3 Å². The summed E-state index contributed by atoms with van der Waals surface area (Å²) in [6.45, 7) is 0. The Morgan fingerprint density at radius 3 is 1.89 bits per heavy atom. The molecule has 0 spiro atoms. The molecular formula is C21H25ClN4O2. The number of benzene rings is 2. The molecule has 0 aromatic heterocycles. The van der Waals surface area contributed by atoms with E-state index in [-0.39, 0.29) is 36.3 Å². The summed E-state index contributed by atoms with van der Waals surface area (Å²) in [5, 5.41) is 8.51. The zero-order valence-corrected chi connectivity index (χ0v) is 16.2. The standard InChI is InChI=1S/C21H24N4O2.ClH/c22-19-14-7-6-13(12-14)18(19)20(26)23-16-8-10-17(11-9-16)25-21(27)24-15-4-2-1-3-5-15;/h1-5,8-11,13-14,18-19H,6-7,12,22H2,(H,23,26)(H2,24,25,27);1H. The van der Waals surface area contributed by atoms with E-state index in [1.807, 2.05) is 30.3 Å². The molecule has 148 valence electrons. The Balaban J connectivity index is 0.00000225. The number of rotatable bonds is 4. The van der Waals surface area contributed by atoms with Crippen LogP contribution in [-0.2, 0) is 4.79 Å². The summed E-state index contributed by atoms with van der Waals surface area (Å²) in [6, 6.07) is 16.0. The lowest BCUT2D eigenvalue weighted by Crippen LogP contribution is -2.42. The third-order valence-corrected chi connectivity index (χ3v) is 5.73. The van der Waals surface area contributed by atoms with Crippen molar-refractivity contribution in [1.82, 2.24) is 0 Å². The smallest absolute Gasteiger partial charge is 0.323 e. The molecule has 0 heterocycles. The average molecular weight is 401 g/mol. The summed E-state index contributed by atoms with van der Waals surface area (Å²) in [5.74, 6) is 0.850. The van der Waals surface area contributed by atoms with Crippen LogP contribution in [0.1, 0.15) is 19.3 Å². The summed E-state index contributed by atoms with van der Waals surface area (Å²) >= 11 is 0. The Morgan fingerprint density at radius 2 is 1.32 bits per heavy atom. The molecule has 28 heavy (non-hydrogen) atoms. The molecule has 4 atom stereocenters. The highest BCUT2D eigenvalue weighted by Gasteiger charge is 2.49. The van der Waals surface area contributed by atoms with E-state index in [0.717, 1.165) is 24.9 Å². The van der Waals surface area contributed by atoms with Gasteiger partial charge in [-0.2, -0.15) is 0 Å². The number of urea groups is 1. The fraction of sp³-hybridized carbons (Fsp3) is 0.333. The number of hydrogen-bond acceptors (Lipinski definition) is 3. The zero-order chi connectivity index (χ0) is 18.8. The molecule has 4 unspecified atom stereocenters. The second-order valence-corrected chi connectivity index (χ2v) is 7.45. The second-order valence-electron chi connectivity index (χ2n) is 7.45. The minimum Gasteiger partial charge on any atom is -0.327 e. The van der Waals surface area contributed by atoms with Crippen LogP contribution in [0.3, 0.4) is 0 Å². The van der Waals surface area contributed by atoms with Gasteiger partial charge >= 0.3 is 6.03 Å². The summed E-state index contributed by atoms with van der Waals surface area (Å²) in [4.78, 5) is 24.6. The fourth-order valence-electron chi connectivity index (χ4n) is 4.40. The quantitative estimate of drug-likeness (QED) is 0.623. The number of halogens is 1. The van der Waals surface area contributed by atoms with Crippen molar-refractivity contribution in [3.05, 3.63) is 54.6 Å². The van der Waals surface area contributed by atoms with Gasteiger partial charge in [-0.05, 0) is 67.5 Å². The number of nitrogens with one attached hydrogen (secondary N) is 3. The van der Waals surface area contributed by atoms with Gasteiger partial charge in [0.15, 0.2) is 0 Å². The minimum absolute atomic E-state index is 0. The van der Waals surface area contributed by atoms with Crippen molar-refractivity contribution in [2.24, 2.45) is 23.5 Å². The van der Waals surface area contributed by atoms with Crippen molar-refractivity contribution < 1.29 is 9.59 Å². The lowest BCUT2D eigenvalue weighted by Gasteiger charge is -2.27. The number of para-hydroxylation sites is 1. The maximum absolute atomic E-state index is 12.6. The van der Waals surface area contributed by atoms with Gasteiger partial charge in [-0.15, -0.1) is 12.4 Å². The molecule has 2 aromatic carbocycles. The number of amides is 3. The summed E-state index contributed by atoms with van der Waals surface area (Å²) in [6.07, 6.45) is 3.34. The van der Waals surface area contributed by atoms with Crippen molar-refractivity contribution in [2.75, 3.05) is 16.0 Å². The Bertz CT molecular complexity index is 826. The van der Waals surface area contributed by atoms with Gasteiger partial charge in [-0.3, -0.25) is 4.79 Å². The second kappa shape index (κ2) is 8.63. The first-order valence-corrected chi connectivity index (χ1v) is 9.40. The normalized spacial score (nSPS) is 24.9. The first-order chi connectivity index (χ1) is 13.1. The van der Waals surface area contributed by atoms with Crippen LogP contribution in [0, 0.1) is 17.8 Å². The SMILES string of the molecule is Cl.NC1C2CCC(C2)C1C(=O)Nc1ccc(NC(=O)Nc2ccccc2)cc1. The van der Waals surface area contributed by atoms with Gasteiger partial charge < -0.3 is 21.7 Å². The van der Waals surface area contributed by atoms with E-state index >= 15 is 0 Å². The third kappa shape index (κ3) is 4.29. The van der Waals surface area contributed by atoms with Crippen LogP contribution < -0.4 is 21.7 Å².